The SMILES string of the molecule is CC(CC(=O)O)NC(=O)CCCc1cc(Cl)sc1Cl. The van der Waals surface area contributed by atoms with Crippen molar-refractivity contribution in [3.8, 4) is 0 Å². The van der Waals surface area contributed by atoms with Crippen LogP contribution in [0.3, 0.4) is 0 Å². The van der Waals surface area contributed by atoms with E-state index in [1.807, 2.05) is 0 Å². The molecular formula is C12H15Cl2NO3S. The summed E-state index contributed by atoms with van der Waals surface area (Å²) in [5, 5.41) is 11.2. The second-order valence-corrected chi connectivity index (χ2v) is 6.56. The first-order valence-electron chi connectivity index (χ1n) is 5.83. The largest absolute Gasteiger partial charge is 0.481 e. The first-order valence-corrected chi connectivity index (χ1v) is 7.40. The van der Waals surface area contributed by atoms with Crippen molar-refractivity contribution in [2.24, 2.45) is 0 Å². The number of amides is 1. The highest BCUT2D eigenvalue weighted by atomic mass is 35.5. The topological polar surface area (TPSA) is 66.4 Å². The van der Waals surface area contributed by atoms with E-state index >= 15 is 0 Å². The normalized spacial score (nSPS) is 12.2. The molecule has 1 atom stereocenters. The van der Waals surface area contributed by atoms with E-state index in [0.717, 1.165) is 5.56 Å². The molecule has 19 heavy (non-hydrogen) atoms. The summed E-state index contributed by atoms with van der Waals surface area (Å²) in [7, 11) is 0. The maximum absolute atomic E-state index is 11.6. The molecule has 0 aliphatic heterocycles. The number of hydrogen-bond acceptors (Lipinski definition) is 3. The van der Waals surface area contributed by atoms with Gasteiger partial charge in [0, 0.05) is 12.5 Å². The number of carboxylic acids is 1. The van der Waals surface area contributed by atoms with Gasteiger partial charge in [-0.15, -0.1) is 11.3 Å². The third-order valence-corrected chi connectivity index (χ3v) is 4.03. The van der Waals surface area contributed by atoms with E-state index in [-0.39, 0.29) is 18.4 Å². The van der Waals surface area contributed by atoms with Gasteiger partial charge in [0.25, 0.3) is 0 Å². The Hall–Kier alpha value is -0.780. The first-order chi connectivity index (χ1) is 8.88. The summed E-state index contributed by atoms with van der Waals surface area (Å²) >= 11 is 13.1. The molecule has 0 aliphatic rings. The zero-order valence-corrected chi connectivity index (χ0v) is 12.7. The van der Waals surface area contributed by atoms with Crippen LogP contribution >= 0.6 is 34.5 Å². The molecule has 0 saturated heterocycles. The standard InChI is InChI=1S/C12H15Cl2NO3S/c1-7(5-11(17)18)15-10(16)4-2-3-8-6-9(13)19-12(8)14/h6-7H,2-5H2,1H3,(H,15,16)(H,17,18). The van der Waals surface area contributed by atoms with E-state index in [4.69, 9.17) is 28.3 Å². The summed E-state index contributed by atoms with van der Waals surface area (Å²) in [4.78, 5) is 22.0. The number of carbonyl (C=O) groups is 2. The fourth-order valence-corrected chi connectivity index (χ4v) is 3.19. The molecule has 1 unspecified atom stereocenters. The molecule has 1 aromatic heterocycles. The Morgan fingerprint density at radius 1 is 1.47 bits per heavy atom. The molecule has 0 bridgehead atoms. The fraction of sp³-hybridized carbons (Fsp3) is 0.500. The van der Waals surface area contributed by atoms with Crippen LogP contribution < -0.4 is 5.32 Å². The molecule has 2 N–H and O–H groups in total. The minimum Gasteiger partial charge on any atom is -0.481 e. The Balaban J connectivity index is 2.27. The highest BCUT2D eigenvalue weighted by Crippen LogP contribution is 2.31. The molecule has 1 amide bonds. The number of nitrogens with one attached hydrogen (secondary N) is 1. The minimum absolute atomic E-state index is 0.0717. The molecule has 0 aromatic carbocycles. The van der Waals surface area contributed by atoms with Crippen LogP contribution in [0.15, 0.2) is 6.07 Å². The molecule has 0 fully saturated rings. The molecular weight excluding hydrogens is 309 g/mol. The van der Waals surface area contributed by atoms with Crippen molar-refractivity contribution in [3.63, 3.8) is 0 Å². The highest BCUT2D eigenvalue weighted by molar-refractivity contribution is 7.20. The maximum atomic E-state index is 11.6. The van der Waals surface area contributed by atoms with Crippen LogP contribution in [0.2, 0.25) is 8.67 Å². The average molecular weight is 324 g/mol. The van der Waals surface area contributed by atoms with E-state index in [9.17, 15) is 9.59 Å². The Kier molecular flexibility index (Phi) is 6.62. The molecule has 1 aromatic rings. The van der Waals surface area contributed by atoms with Crippen molar-refractivity contribution in [1.29, 1.82) is 0 Å². The average Bonchev–Trinajstić information content (AvgIpc) is 2.55. The lowest BCUT2D eigenvalue weighted by Crippen LogP contribution is -2.34. The summed E-state index contributed by atoms with van der Waals surface area (Å²) in [6.45, 7) is 1.67. The van der Waals surface area contributed by atoms with Gasteiger partial charge in [0.1, 0.15) is 0 Å². The fourth-order valence-electron chi connectivity index (χ4n) is 1.64. The van der Waals surface area contributed by atoms with Gasteiger partial charge in [0.05, 0.1) is 15.1 Å². The van der Waals surface area contributed by atoms with Crippen molar-refractivity contribution in [1.82, 2.24) is 5.32 Å². The lowest BCUT2D eigenvalue weighted by atomic mass is 10.1. The Morgan fingerprint density at radius 2 is 2.16 bits per heavy atom. The van der Waals surface area contributed by atoms with Crippen molar-refractivity contribution in [2.45, 2.75) is 38.6 Å². The summed E-state index contributed by atoms with van der Waals surface area (Å²) in [6, 6.07) is 1.45. The summed E-state index contributed by atoms with van der Waals surface area (Å²) in [5.41, 5.74) is 0.947. The maximum Gasteiger partial charge on any atom is 0.305 e. The monoisotopic (exact) mass is 323 g/mol. The summed E-state index contributed by atoms with van der Waals surface area (Å²) < 4.78 is 1.30. The first kappa shape index (κ1) is 16.3. The van der Waals surface area contributed by atoms with E-state index in [1.165, 1.54) is 11.3 Å². The second-order valence-electron chi connectivity index (χ2n) is 4.27. The molecule has 0 aliphatic carbocycles. The minimum atomic E-state index is -0.924. The summed E-state index contributed by atoms with van der Waals surface area (Å²) in [5.74, 6) is -1.07. The van der Waals surface area contributed by atoms with Gasteiger partial charge < -0.3 is 10.4 Å². The van der Waals surface area contributed by atoms with Crippen LogP contribution in [0.1, 0.15) is 31.7 Å². The Bertz CT molecular complexity index is 462. The number of hydrogen-bond donors (Lipinski definition) is 2. The van der Waals surface area contributed by atoms with Crippen molar-refractivity contribution >= 4 is 46.4 Å². The third-order valence-electron chi connectivity index (χ3n) is 2.47. The quantitative estimate of drug-likeness (QED) is 0.808. The van der Waals surface area contributed by atoms with Crippen LogP contribution in [0.5, 0.6) is 0 Å². The van der Waals surface area contributed by atoms with Gasteiger partial charge in [-0.1, -0.05) is 23.2 Å². The number of aliphatic carboxylic acids is 1. The molecule has 106 valence electrons. The molecule has 1 rings (SSSR count). The van der Waals surface area contributed by atoms with Gasteiger partial charge in [0.15, 0.2) is 0 Å². The molecule has 0 saturated carbocycles. The summed E-state index contributed by atoms with van der Waals surface area (Å²) in [6.07, 6.45) is 1.60. The van der Waals surface area contributed by atoms with E-state index in [1.54, 1.807) is 13.0 Å². The lowest BCUT2D eigenvalue weighted by molar-refractivity contribution is -0.137. The van der Waals surface area contributed by atoms with Gasteiger partial charge in [0.2, 0.25) is 5.91 Å². The van der Waals surface area contributed by atoms with Crippen LogP contribution in [0.25, 0.3) is 0 Å². The number of carbonyl (C=O) groups excluding carboxylic acids is 1. The third kappa shape index (κ3) is 6.27. The Morgan fingerprint density at radius 3 is 2.68 bits per heavy atom. The molecule has 7 heteroatoms. The predicted octanol–water partition coefficient (Wildman–Crippen LogP) is 3.36. The zero-order chi connectivity index (χ0) is 14.4. The van der Waals surface area contributed by atoms with Gasteiger partial charge in [-0.2, -0.15) is 0 Å². The predicted molar refractivity (Wildman–Crippen MR) is 77.1 cm³/mol. The van der Waals surface area contributed by atoms with Gasteiger partial charge in [-0.3, -0.25) is 9.59 Å². The van der Waals surface area contributed by atoms with E-state index in [2.05, 4.69) is 5.32 Å². The molecule has 0 radical (unpaired) electrons. The van der Waals surface area contributed by atoms with Crippen molar-refractivity contribution < 1.29 is 14.7 Å². The second kappa shape index (κ2) is 7.72. The van der Waals surface area contributed by atoms with E-state index < -0.39 is 5.97 Å². The van der Waals surface area contributed by atoms with Crippen LogP contribution in [0.4, 0.5) is 0 Å². The van der Waals surface area contributed by atoms with Crippen LogP contribution in [-0.2, 0) is 16.0 Å². The van der Waals surface area contributed by atoms with Crippen molar-refractivity contribution in [2.75, 3.05) is 0 Å². The van der Waals surface area contributed by atoms with E-state index in [0.29, 0.717) is 27.9 Å². The number of thiophene rings is 1. The smallest absolute Gasteiger partial charge is 0.305 e. The van der Waals surface area contributed by atoms with Gasteiger partial charge in [-0.25, -0.2) is 0 Å². The van der Waals surface area contributed by atoms with Crippen molar-refractivity contribution in [3.05, 3.63) is 20.3 Å². The van der Waals surface area contributed by atoms with Gasteiger partial charge in [-0.05, 0) is 31.4 Å². The van der Waals surface area contributed by atoms with Crippen LogP contribution in [-0.4, -0.2) is 23.0 Å². The number of rotatable bonds is 7. The molecule has 0 spiro atoms. The number of carboxylic acid groups (broad SMARTS) is 1. The molecule has 4 nitrogen and oxygen atoms in total. The molecule has 1 heterocycles. The zero-order valence-electron chi connectivity index (χ0n) is 10.4. The highest BCUT2D eigenvalue weighted by Gasteiger charge is 2.11. The number of aryl methyl sites for hydroxylation is 1. The van der Waals surface area contributed by atoms with Crippen LogP contribution in [0, 0.1) is 0 Å². The number of halogens is 2. The Labute approximate surface area is 125 Å². The lowest BCUT2D eigenvalue weighted by Gasteiger charge is -2.11. The van der Waals surface area contributed by atoms with Gasteiger partial charge >= 0.3 is 5.97 Å².